The van der Waals surface area contributed by atoms with Crippen molar-refractivity contribution in [3.63, 3.8) is 0 Å². The van der Waals surface area contributed by atoms with Crippen molar-refractivity contribution in [3.05, 3.63) is 29.8 Å². The van der Waals surface area contributed by atoms with Gasteiger partial charge in [-0.1, -0.05) is 19.1 Å². The summed E-state index contributed by atoms with van der Waals surface area (Å²) in [5.74, 6) is -0.143. The molecule has 0 amide bonds. The summed E-state index contributed by atoms with van der Waals surface area (Å²) in [5, 5.41) is 0. The van der Waals surface area contributed by atoms with Gasteiger partial charge in [0, 0.05) is 19.6 Å². The van der Waals surface area contributed by atoms with E-state index in [0.717, 1.165) is 38.2 Å². The molecular weight excluding hydrogens is 341 g/mol. The van der Waals surface area contributed by atoms with Gasteiger partial charge in [-0.05, 0) is 56.6 Å². The van der Waals surface area contributed by atoms with E-state index in [1.807, 2.05) is 6.07 Å². The van der Waals surface area contributed by atoms with Crippen LogP contribution in [0.1, 0.15) is 25.3 Å². The van der Waals surface area contributed by atoms with Gasteiger partial charge in [-0.3, -0.25) is 0 Å². The van der Waals surface area contributed by atoms with Gasteiger partial charge in [-0.25, -0.2) is 0 Å². The molecule has 3 nitrogen and oxygen atoms in total. The van der Waals surface area contributed by atoms with E-state index >= 15 is 0 Å². The zero-order chi connectivity index (χ0) is 16.7. The molecule has 1 heterocycles. The molecule has 0 radical (unpaired) electrons. The van der Waals surface area contributed by atoms with Crippen LogP contribution in [0.2, 0.25) is 0 Å². The predicted molar refractivity (Wildman–Crippen MR) is 91.9 cm³/mol. The number of hydrogen-bond donors (Lipinski definition) is 0. The third-order valence-corrected chi connectivity index (χ3v) is 4.23. The molecule has 1 aromatic rings. The topological polar surface area (TPSA) is 15.7 Å². The minimum Gasteiger partial charge on any atom is -0.406 e. The monoisotopic (exact) mass is 366 g/mol. The van der Waals surface area contributed by atoms with Crippen molar-refractivity contribution in [3.8, 4) is 5.75 Å². The van der Waals surface area contributed by atoms with Crippen LogP contribution in [0.5, 0.6) is 5.75 Å². The van der Waals surface area contributed by atoms with Crippen molar-refractivity contribution in [2.45, 2.75) is 32.5 Å². The number of benzene rings is 1. The molecule has 1 fully saturated rings. The zero-order valence-electron chi connectivity index (χ0n) is 14.0. The SMILES string of the molecule is CCN(CCc1cccc(OC(F)(F)F)c1)CCN1CCCC1.Cl. The summed E-state index contributed by atoms with van der Waals surface area (Å²) in [6, 6.07) is 6.26. The molecule has 0 N–H and O–H groups in total. The first kappa shape index (κ1) is 21.1. The molecule has 0 atom stereocenters. The molecule has 0 aromatic heterocycles. The van der Waals surface area contributed by atoms with Gasteiger partial charge < -0.3 is 14.5 Å². The van der Waals surface area contributed by atoms with Gasteiger partial charge in [0.25, 0.3) is 0 Å². The van der Waals surface area contributed by atoms with E-state index in [1.165, 1.54) is 38.1 Å². The number of likely N-dealkylation sites (tertiary alicyclic amines) is 1. The van der Waals surface area contributed by atoms with Gasteiger partial charge in [0.2, 0.25) is 0 Å². The van der Waals surface area contributed by atoms with Gasteiger partial charge in [0.05, 0.1) is 0 Å². The molecule has 0 unspecified atom stereocenters. The summed E-state index contributed by atoms with van der Waals surface area (Å²) in [4.78, 5) is 4.82. The highest BCUT2D eigenvalue weighted by Gasteiger charge is 2.31. The highest BCUT2D eigenvalue weighted by atomic mass is 35.5. The first-order valence-electron chi connectivity index (χ1n) is 8.25. The number of hydrogen-bond acceptors (Lipinski definition) is 3. The van der Waals surface area contributed by atoms with Crippen LogP contribution in [0.3, 0.4) is 0 Å². The lowest BCUT2D eigenvalue weighted by Gasteiger charge is -2.24. The largest absolute Gasteiger partial charge is 0.573 e. The van der Waals surface area contributed by atoms with Crippen molar-refractivity contribution in [1.29, 1.82) is 0 Å². The summed E-state index contributed by atoms with van der Waals surface area (Å²) in [6.07, 6.45) is -1.33. The summed E-state index contributed by atoms with van der Waals surface area (Å²) in [7, 11) is 0. The molecule has 7 heteroatoms. The Bertz CT molecular complexity index is 479. The van der Waals surface area contributed by atoms with Crippen LogP contribution >= 0.6 is 12.4 Å². The van der Waals surface area contributed by atoms with Gasteiger partial charge in [0.1, 0.15) is 5.75 Å². The first-order valence-corrected chi connectivity index (χ1v) is 8.25. The zero-order valence-corrected chi connectivity index (χ0v) is 14.8. The van der Waals surface area contributed by atoms with Gasteiger partial charge in [-0.15, -0.1) is 25.6 Å². The summed E-state index contributed by atoms with van der Waals surface area (Å²) in [5.41, 5.74) is 0.867. The molecule has 138 valence electrons. The summed E-state index contributed by atoms with van der Waals surface area (Å²) >= 11 is 0. The van der Waals surface area contributed by atoms with Crippen LogP contribution in [-0.2, 0) is 6.42 Å². The molecule has 0 spiro atoms. The number of likely N-dealkylation sites (N-methyl/N-ethyl adjacent to an activating group) is 1. The molecule has 2 rings (SSSR count). The maximum absolute atomic E-state index is 12.3. The summed E-state index contributed by atoms with van der Waals surface area (Å²) < 4.78 is 40.7. The van der Waals surface area contributed by atoms with Crippen molar-refractivity contribution in [1.82, 2.24) is 9.80 Å². The molecule has 1 saturated heterocycles. The Morgan fingerprint density at radius 3 is 2.50 bits per heavy atom. The van der Waals surface area contributed by atoms with Gasteiger partial charge in [0.15, 0.2) is 0 Å². The van der Waals surface area contributed by atoms with Crippen molar-refractivity contribution >= 4 is 12.4 Å². The minimum absolute atomic E-state index is 0. The van der Waals surface area contributed by atoms with Crippen LogP contribution in [0.4, 0.5) is 13.2 Å². The number of rotatable bonds is 8. The maximum Gasteiger partial charge on any atom is 0.573 e. The molecule has 1 aliphatic heterocycles. The van der Waals surface area contributed by atoms with Crippen LogP contribution in [0.25, 0.3) is 0 Å². The van der Waals surface area contributed by atoms with Crippen molar-refractivity contribution in [2.75, 3.05) is 39.3 Å². The van der Waals surface area contributed by atoms with Gasteiger partial charge >= 0.3 is 6.36 Å². The predicted octanol–water partition coefficient (Wildman–Crippen LogP) is 3.97. The maximum atomic E-state index is 12.3. The average Bonchev–Trinajstić information content (AvgIpc) is 2.99. The van der Waals surface area contributed by atoms with Crippen LogP contribution in [0.15, 0.2) is 24.3 Å². The number of alkyl halides is 3. The Hall–Kier alpha value is -0.980. The minimum atomic E-state index is -4.64. The second-order valence-corrected chi connectivity index (χ2v) is 5.93. The fourth-order valence-corrected chi connectivity index (χ4v) is 2.90. The van der Waals surface area contributed by atoms with Crippen molar-refractivity contribution < 1.29 is 17.9 Å². The van der Waals surface area contributed by atoms with Crippen LogP contribution < -0.4 is 4.74 Å². The van der Waals surface area contributed by atoms with E-state index in [0.29, 0.717) is 0 Å². The quantitative estimate of drug-likeness (QED) is 0.692. The number of ether oxygens (including phenoxy) is 1. The standard InChI is InChI=1S/C17H25F3N2O.ClH/c1-2-21(12-13-22-9-3-4-10-22)11-8-15-6-5-7-16(14-15)23-17(18,19)20;/h5-7,14H,2-4,8-13H2,1H3;1H. The molecule has 0 aliphatic carbocycles. The summed E-state index contributed by atoms with van der Waals surface area (Å²) in [6.45, 7) is 8.38. The molecule has 24 heavy (non-hydrogen) atoms. The second-order valence-electron chi connectivity index (χ2n) is 5.93. The molecule has 1 aromatic carbocycles. The van der Waals surface area contributed by atoms with E-state index < -0.39 is 6.36 Å². The Morgan fingerprint density at radius 1 is 1.17 bits per heavy atom. The Kier molecular flexibility index (Phi) is 8.87. The van der Waals surface area contributed by atoms with E-state index in [-0.39, 0.29) is 18.2 Å². The second kappa shape index (κ2) is 10.1. The fourth-order valence-electron chi connectivity index (χ4n) is 2.90. The normalized spacial score (nSPS) is 15.5. The highest BCUT2D eigenvalue weighted by Crippen LogP contribution is 2.23. The fraction of sp³-hybridized carbons (Fsp3) is 0.647. The number of halogens is 4. The van der Waals surface area contributed by atoms with E-state index in [2.05, 4.69) is 21.5 Å². The average molecular weight is 367 g/mol. The molecule has 0 saturated carbocycles. The Labute approximate surface area is 148 Å². The lowest BCUT2D eigenvalue weighted by Crippen LogP contribution is -2.34. The first-order chi connectivity index (χ1) is 11.0. The smallest absolute Gasteiger partial charge is 0.406 e. The lowest BCUT2D eigenvalue weighted by molar-refractivity contribution is -0.274. The molecule has 0 bridgehead atoms. The van der Waals surface area contributed by atoms with Crippen LogP contribution in [0, 0.1) is 0 Å². The number of nitrogens with zero attached hydrogens (tertiary/aromatic N) is 2. The highest BCUT2D eigenvalue weighted by molar-refractivity contribution is 5.85. The third-order valence-electron chi connectivity index (χ3n) is 4.23. The molecular formula is C17H26ClF3N2O. The Balaban J connectivity index is 0.00000288. The van der Waals surface area contributed by atoms with Gasteiger partial charge in [-0.2, -0.15) is 0 Å². The molecule has 1 aliphatic rings. The van der Waals surface area contributed by atoms with Crippen molar-refractivity contribution in [2.24, 2.45) is 0 Å². The lowest BCUT2D eigenvalue weighted by atomic mass is 10.1. The third kappa shape index (κ3) is 7.73. The van der Waals surface area contributed by atoms with E-state index in [9.17, 15) is 13.2 Å². The van der Waals surface area contributed by atoms with E-state index in [1.54, 1.807) is 6.07 Å². The van der Waals surface area contributed by atoms with Crippen LogP contribution in [-0.4, -0.2) is 55.4 Å². The Morgan fingerprint density at radius 2 is 1.88 bits per heavy atom. The van der Waals surface area contributed by atoms with E-state index in [4.69, 9.17) is 0 Å².